The standard InChI is InChI=1S/C16H12N2O7/c19-16(13-5-6-15(25-13)18(20)21)17-7-1-2-8-22-11-3-4-12-14(9-11)24-10-23-12/h3-6,9H,7-8,10H2,(H,17,19). The van der Waals surface area contributed by atoms with Crippen LogP contribution >= 0.6 is 0 Å². The van der Waals surface area contributed by atoms with Crippen LogP contribution in [0.1, 0.15) is 10.6 Å². The minimum absolute atomic E-state index is 0.0534. The number of nitrogens with zero attached hydrogens (tertiary/aromatic N) is 1. The van der Waals surface area contributed by atoms with Crippen LogP contribution in [0.2, 0.25) is 0 Å². The summed E-state index contributed by atoms with van der Waals surface area (Å²) in [6.07, 6.45) is 0. The Morgan fingerprint density at radius 2 is 2.08 bits per heavy atom. The molecule has 0 unspecified atom stereocenters. The van der Waals surface area contributed by atoms with Gasteiger partial charge in [-0.3, -0.25) is 14.9 Å². The van der Waals surface area contributed by atoms with Crippen molar-refractivity contribution >= 4 is 11.8 Å². The lowest BCUT2D eigenvalue weighted by Gasteiger charge is -2.02. The van der Waals surface area contributed by atoms with Gasteiger partial charge in [-0.25, -0.2) is 0 Å². The smallest absolute Gasteiger partial charge is 0.433 e. The van der Waals surface area contributed by atoms with Crippen LogP contribution in [0.15, 0.2) is 34.7 Å². The van der Waals surface area contributed by atoms with Crippen LogP contribution in [0.25, 0.3) is 0 Å². The maximum absolute atomic E-state index is 11.7. The van der Waals surface area contributed by atoms with Gasteiger partial charge in [0.2, 0.25) is 6.79 Å². The number of nitrogens with one attached hydrogen (secondary N) is 1. The molecule has 0 aliphatic carbocycles. The number of carbonyl (C=O) groups excluding carboxylic acids is 1. The van der Waals surface area contributed by atoms with Gasteiger partial charge in [-0.2, -0.15) is 0 Å². The first-order valence-electron chi connectivity index (χ1n) is 7.14. The Kier molecular flexibility index (Phi) is 4.71. The Morgan fingerprint density at radius 1 is 1.24 bits per heavy atom. The third-order valence-electron chi connectivity index (χ3n) is 3.11. The van der Waals surface area contributed by atoms with E-state index < -0.39 is 16.7 Å². The molecule has 3 rings (SSSR count). The van der Waals surface area contributed by atoms with Crippen LogP contribution in [-0.4, -0.2) is 30.8 Å². The van der Waals surface area contributed by atoms with Gasteiger partial charge in [0.25, 0.3) is 5.91 Å². The molecule has 128 valence electrons. The highest BCUT2D eigenvalue weighted by Gasteiger charge is 2.16. The molecule has 1 aliphatic rings. The summed E-state index contributed by atoms with van der Waals surface area (Å²) in [6, 6.07) is 7.52. The van der Waals surface area contributed by atoms with Gasteiger partial charge in [0, 0.05) is 6.07 Å². The van der Waals surface area contributed by atoms with Gasteiger partial charge >= 0.3 is 5.88 Å². The number of ether oxygens (including phenoxy) is 3. The Hall–Kier alpha value is -3.67. The van der Waals surface area contributed by atoms with Crippen molar-refractivity contribution in [2.75, 3.05) is 19.9 Å². The largest absolute Gasteiger partial charge is 0.481 e. The summed E-state index contributed by atoms with van der Waals surface area (Å²) in [6.45, 7) is 0.372. The van der Waals surface area contributed by atoms with E-state index in [0.29, 0.717) is 17.2 Å². The van der Waals surface area contributed by atoms with E-state index in [0.717, 1.165) is 6.07 Å². The third kappa shape index (κ3) is 4.00. The molecule has 9 nitrogen and oxygen atoms in total. The fraction of sp³-hybridized carbons (Fsp3) is 0.188. The predicted molar refractivity (Wildman–Crippen MR) is 83.5 cm³/mol. The monoisotopic (exact) mass is 344 g/mol. The lowest BCUT2D eigenvalue weighted by atomic mass is 10.3. The zero-order valence-corrected chi connectivity index (χ0v) is 12.8. The van der Waals surface area contributed by atoms with E-state index in [9.17, 15) is 14.9 Å². The van der Waals surface area contributed by atoms with Gasteiger partial charge in [-0.05, 0) is 18.2 Å². The minimum Gasteiger partial charge on any atom is -0.481 e. The van der Waals surface area contributed by atoms with Crippen molar-refractivity contribution in [1.29, 1.82) is 0 Å². The molecule has 0 spiro atoms. The fourth-order valence-electron chi connectivity index (χ4n) is 1.96. The summed E-state index contributed by atoms with van der Waals surface area (Å²) < 4.78 is 20.6. The van der Waals surface area contributed by atoms with E-state index in [2.05, 4.69) is 17.2 Å². The average Bonchev–Trinajstić information content (AvgIpc) is 3.26. The molecular formula is C16H12N2O7. The Labute approximate surface area is 141 Å². The molecule has 1 amide bonds. The van der Waals surface area contributed by atoms with Crippen molar-refractivity contribution in [3.8, 4) is 29.1 Å². The summed E-state index contributed by atoms with van der Waals surface area (Å²) in [4.78, 5) is 21.5. The van der Waals surface area contributed by atoms with Gasteiger partial charge in [-0.1, -0.05) is 11.8 Å². The Bertz CT molecular complexity index is 863. The van der Waals surface area contributed by atoms with E-state index in [-0.39, 0.29) is 25.7 Å². The van der Waals surface area contributed by atoms with Crippen LogP contribution in [-0.2, 0) is 0 Å². The second-order valence-corrected chi connectivity index (χ2v) is 4.73. The zero-order chi connectivity index (χ0) is 17.6. The fourth-order valence-corrected chi connectivity index (χ4v) is 1.96. The van der Waals surface area contributed by atoms with Crippen LogP contribution in [0, 0.1) is 22.0 Å². The summed E-state index contributed by atoms with van der Waals surface area (Å²) in [5, 5.41) is 12.9. The summed E-state index contributed by atoms with van der Waals surface area (Å²) >= 11 is 0. The van der Waals surface area contributed by atoms with Crippen LogP contribution < -0.4 is 19.5 Å². The molecule has 1 aromatic carbocycles. The number of amides is 1. The highest BCUT2D eigenvalue weighted by atomic mass is 16.7. The number of hydrogen-bond donors (Lipinski definition) is 1. The summed E-state index contributed by atoms with van der Waals surface area (Å²) in [5.74, 6) is 6.08. The lowest BCUT2D eigenvalue weighted by molar-refractivity contribution is -0.402. The van der Waals surface area contributed by atoms with Crippen LogP contribution in [0.3, 0.4) is 0 Å². The quantitative estimate of drug-likeness (QED) is 0.499. The van der Waals surface area contributed by atoms with Gasteiger partial charge in [0.15, 0.2) is 17.3 Å². The highest BCUT2D eigenvalue weighted by molar-refractivity contribution is 5.91. The molecule has 0 bridgehead atoms. The number of carbonyl (C=O) groups is 1. The molecule has 2 aromatic rings. The maximum atomic E-state index is 11.7. The van der Waals surface area contributed by atoms with E-state index in [1.807, 2.05) is 0 Å². The summed E-state index contributed by atoms with van der Waals surface area (Å²) in [5.41, 5.74) is 0. The third-order valence-corrected chi connectivity index (χ3v) is 3.11. The number of nitro groups is 1. The van der Waals surface area contributed by atoms with Crippen molar-refractivity contribution in [1.82, 2.24) is 5.32 Å². The van der Waals surface area contributed by atoms with Crippen molar-refractivity contribution in [2.45, 2.75) is 0 Å². The van der Waals surface area contributed by atoms with Gasteiger partial charge < -0.3 is 23.9 Å². The lowest BCUT2D eigenvalue weighted by Crippen LogP contribution is -2.23. The van der Waals surface area contributed by atoms with E-state index in [4.69, 9.17) is 18.6 Å². The normalized spacial score (nSPS) is 11.4. The second kappa shape index (κ2) is 7.27. The Balaban J connectivity index is 1.42. The van der Waals surface area contributed by atoms with E-state index in [1.54, 1.807) is 18.2 Å². The molecule has 1 aromatic heterocycles. The SMILES string of the molecule is O=C(NCC#CCOc1ccc2c(c1)OCO2)c1ccc([N+](=O)[O-])o1. The number of fused-ring (bicyclic) bond motifs is 1. The van der Waals surface area contributed by atoms with E-state index in [1.165, 1.54) is 6.07 Å². The second-order valence-electron chi connectivity index (χ2n) is 4.73. The average molecular weight is 344 g/mol. The molecule has 0 atom stereocenters. The molecule has 0 radical (unpaired) electrons. The Morgan fingerprint density at radius 3 is 2.88 bits per heavy atom. The van der Waals surface area contributed by atoms with Crippen LogP contribution in [0.4, 0.5) is 5.88 Å². The van der Waals surface area contributed by atoms with Crippen molar-refractivity contribution in [3.63, 3.8) is 0 Å². The number of rotatable bonds is 5. The van der Waals surface area contributed by atoms with Gasteiger partial charge in [-0.15, -0.1) is 0 Å². The van der Waals surface area contributed by atoms with E-state index >= 15 is 0 Å². The molecule has 1 aliphatic heterocycles. The first-order valence-corrected chi connectivity index (χ1v) is 7.14. The van der Waals surface area contributed by atoms with Crippen molar-refractivity contribution < 1.29 is 28.3 Å². The number of furan rings is 1. The molecule has 0 saturated carbocycles. The summed E-state index contributed by atoms with van der Waals surface area (Å²) in [7, 11) is 0. The van der Waals surface area contributed by atoms with Crippen LogP contribution in [0.5, 0.6) is 17.2 Å². The molecule has 0 saturated heterocycles. The minimum atomic E-state index is -0.718. The van der Waals surface area contributed by atoms with Crippen molar-refractivity contribution in [2.24, 2.45) is 0 Å². The predicted octanol–water partition coefficient (Wildman–Crippen LogP) is 1.73. The molecule has 9 heteroatoms. The van der Waals surface area contributed by atoms with Gasteiger partial charge in [0.05, 0.1) is 12.6 Å². The molecule has 0 fully saturated rings. The van der Waals surface area contributed by atoms with Crippen molar-refractivity contribution in [3.05, 3.63) is 46.2 Å². The van der Waals surface area contributed by atoms with Gasteiger partial charge in [0.1, 0.15) is 17.3 Å². The topological polar surface area (TPSA) is 113 Å². The molecule has 1 N–H and O–H groups in total. The number of hydrogen-bond acceptors (Lipinski definition) is 7. The first kappa shape index (κ1) is 16.2. The highest BCUT2D eigenvalue weighted by Crippen LogP contribution is 2.34. The molecule has 2 heterocycles. The molecule has 25 heavy (non-hydrogen) atoms. The maximum Gasteiger partial charge on any atom is 0.433 e. The first-order chi connectivity index (χ1) is 12.1. The number of benzene rings is 1. The zero-order valence-electron chi connectivity index (χ0n) is 12.8. The molecular weight excluding hydrogens is 332 g/mol.